The number of halogens is 1. The maximum absolute atomic E-state index is 8.78. The minimum atomic E-state index is -0.408. The van der Waals surface area contributed by atoms with Gasteiger partial charge < -0.3 is 0 Å². The first-order valence-electron chi connectivity index (χ1n) is 13.2. The molecule has 1 heteroatoms. The normalized spacial score (nSPS) is 15.5. The molecule has 0 fully saturated rings. The molecular weight excluding hydrogens is 416 g/mol. The Morgan fingerprint density at radius 2 is 1.14 bits per heavy atom. The van der Waals surface area contributed by atoms with Gasteiger partial charge >= 0.3 is 0 Å². The molecule has 0 saturated carbocycles. The lowest BCUT2D eigenvalue weighted by atomic mass is 9.90. The number of benzene rings is 6. The van der Waals surface area contributed by atoms with Crippen molar-refractivity contribution in [3.63, 3.8) is 0 Å². The second-order valence-corrected chi connectivity index (χ2v) is 7.70. The van der Waals surface area contributed by atoms with E-state index in [1.807, 2.05) is 54.6 Å². The molecule has 0 aromatic heterocycles. The van der Waals surface area contributed by atoms with Gasteiger partial charge in [-0.1, -0.05) is 96.9 Å². The molecule has 6 rings (SSSR count). The Labute approximate surface area is 188 Å². The van der Waals surface area contributed by atoms with Crippen molar-refractivity contribution in [2.24, 2.45) is 0 Å². The summed E-state index contributed by atoms with van der Waals surface area (Å²) in [7, 11) is 0. The summed E-state index contributed by atoms with van der Waals surface area (Å²) in [5.41, 5.74) is 0.947. The summed E-state index contributed by atoms with van der Waals surface area (Å²) in [6.07, 6.45) is 0. The molecule has 0 saturated heterocycles. The molecule has 29 heavy (non-hydrogen) atoms. The van der Waals surface area contributed by atoms with E-state index in [1.165, 1.54) is 0 Å². The first-order valence-corrected chi connectivity index (χ1v) is 9.96. The van der Waals surface area contributed by atoms with Gasteiger partial charge in [-0.05, 0) is 76.2 Å². The molecule has 0 spiro atoms. The summed E-state index contributed by atoms with van der Waals surface area (Å²) in [6.45, 7) is 0. The molecular formula is C28H17Br. The van der Waals surface area contributed by atoms with Crippen LogP contribution in [0.5, 0.6) is 0 Å². The van der Waals surface area contributed by atoms with Crippen LogP contribution in [0.1, 0.15) is 11.0 Å². The van der Waals surface area contributed by atoms with Gasteiger partial charge in [0.1, 0.15) is 0 Å². The molecule has 0 heterocycles. The van der Waals surface area contributed by atoms with E-state index in [0.29, 0.717) is 11.1 Å². The molecule has 0 aliphatic carbocycles. The summed E-state index contributed by atoms with van der Waals surface area (Å²) in [5.74, 6) is 0. The Hall–Kier alpha value is -3.16. The third kappa shape index (κ3) is 2.51. The highest BCUT2D eigenvalue weighted by Crippen LogP contribution is 2.42. The molecule has 0 unspecified atom stereocenters. The van der Waals surface area contributed by atoms with E-state index in [-0.39, 0.29) is 50.2 Å². The quantitative estimate of drug-likeness (QED) is 0.177. The number of fused-ring (bicyclic) bond motifs is 5. The molecule has 6 aromatic carbocycles. The van der Waals surface area contributed by atoms with Crippen LogP contribution in [0, 0.1) is 0 Å². The van der Waals surface area contributed by atoms with E-state index in [9.17, 15) is 0 Å². The van der Waals surface area contributed by atoms with E-state index in [2.05, 4.69) is 15.9 Å². The van der Waals surface area contributed by atoms with E-state index in [0.717, 1.165) is 21.5 Å². The second kappa shape index (κ2) is 6.43. The van der Waals surface area contributed by atoms with E-state index < -0.39 is 24.2 Å². The van der Waals surface area contributed by atoms with Gasteiger partial charge in [-0.2, -0.15) is 0 Å². The Bertz CT molecular complexity index is 1900. The van der Waals surface area contributed by atoms with Crippen LogP contribution in [-0.4, -0.2) is 0 Å². The van der Waals surface area contributed by atoms with Crippen molar-refractivity contribution in [3.05, 3.63) is 107 Å². The van der Waals surface area contributed by atoms with Gasteiger partial charge in [-0.3, -0.25) is 0 Å². The van der Waals surface area contributed by atoms with Gasteiger partial charge in [0, 0.05) is 4.47 Å². The summed E-state index contributed by atoms with van der Waals surface area (Å²) in [5, 5.41) is 4.84. The third-order valence-corrected chi connectivity index (χ3v) is 6.14. The lowest BCUT2D eigenvalue weighted by Gasteiger charge is -2.15. The Balaban J connectivity index is 1.89. The zero-order valence-corrected chi connectivity index (χ0v) is 16.7. The van der Waals surface area contributed by atoms with Gasteiger partial charge in [0.15, 0.2) is 0 Å². The van der Waals surface area contributed by atoms with Gasteiger partial charge in [0.05, 0.1) is 11.0 Å². The van der Waals surface area contributed by atoms with Crippen molar-refractivity contribution < 1.29 is 11.0 Å². The summed E-state index contributed by atoms with van der Waals surface area (Å²) in [4.78, 5) is 0. The molecule has 0 bridgehead atoms. The monoisotopic (exact) mass is 440 g/mol. The zero-order chi connectivity index (χ0) is 26.3. The lowest BCUT2D eigenvalue weighted by Crippen LogP contribution is -1.88. The SMILES string of the molecule is [2H]c1c([2H])c([2H])c2c(-c3ccc4c(ccc5ccccc54)c3)c3c([2H])c([2H])c([2H])c([2H])c3c(Br)c2c1[2H]. The Kier molecular flexibility index (Phi) is 2.35. The van der Waals surface area contributed by atoms with Crippen molar-refractivity contribution in [2.75, 3.05) is 0 Å². The van der Waals surface area contributed by atoms with E-state index >= 15 is 0 Å². The van der Waals surface area contributed by atoms with Crippen molar-refractivity contribution in [1.82, 2.24) is 0 Å². The smallest absolute Gasteiger partial charge is 0.0616 e. The maximum Gasteiger partial charge on any atom is 0.0630 e. The van der Waals surface area contributed by atoms with Gasteiger partial charge in [0.2, 0.25) is 0 Å². The Morgan fingerprint density at radius 1 is 0.552 bits per heavy atom. The number of rotatable bonds is 1. The lowest BCUT2D eigenvalue weighted by molar-refractivity contribution is 1.70. The van der Waals surface area contributed by atoms with Crippen LogP contribution in [0.2, 0.25) is 0 Å². The highest BCUT2D eigenvalue weighted by atomic mass is 79.9. The fraction of sp³-hybridized carbons (Fsp3) is 0. The standard InChI is InChI=1S/C28H17Br/c29-28-25-11-5-3-9-23(25)27(24-10-4-6-12-26(24)28)20-15-16-22-19(17-20)14-13-18-7-1-2-8-21(18)22/h1-17H/i3D,4D,5D,6D,9D,10D,11D,12D. The minimum absolute atomic E-state index is 0.178. The molecule has 0 radical (unpaired) electrons. The predicted molar refractivity (Wildman–Crippen MR) is 130 cm³/mol. The first kappa shape index (κ1) is 10.6. The van der Waals surface area contributed by atoms with Crippen LogP contribution in [0.25, 0.3) is 54.2 Å². The molecule has 0 atom stereocenters. The average molecular weight is 441 g/mol. The largest absolute Gasteiger partial charge is 0.0630 e. The molecule has 6 aromatic rings. The van der Waals surface area contributed by atoms with Gasteiger partial charge in [-0.15, -0.1) is 0 Å². The topological polar surface area (TPSA) is 0 Å². The van der Waals surface area contributed by atoms with Crippen molar-refractivity contribution >= 4 is 59.0 Å². The zero-order valence-electron chi connectivity index (χ0n) is 23.1. The molecule has 0 N–H and O–H groups in total. The molecule has 0 amide bonds. The molecule has 0 aliphatic heterocycles. The summed E-state index contributed by atoms with van der Waals surface area (Å²) < 4.78 is 68.2. The molecule has 136 valence electrons. The minimum Gasteiger partial charge on any atom is -0.0616 e. The van der Waals surface area contributed by atoms with Crippen molar-refractivity contribution in [3.8, 4) is 11.1 Å². The van der Waals surface area contributed by atoms with Gasteiger partial charge in [0.25, 0.3) is 0 Å². The average Bonchev–Trinajstić information content (AvgIpc) is 2.91. The van der Waals surface area contributed by atoms with Crippen LogP contribution in [0.3, 0.4) is 0 Å². The van der Waals surface area contributed by atoms with Crippen molar-refractivity contribution in [2.45, 2.75) is 0 Å². The Morgan fingerprint density at radius 3 is 1.86 bits per heavy atom. The predicted octanol–water partition coefficient (Wildman–Crippen LogP) is 8.73. The van der Waals surface area contributed by atoms with Gasteiger partial charge in [-0.25, -0.2) is 0 Å². The van der Waals surface area contributed by atoms with Crippen LogP contribution < -0.4 is 0 Å². The first-order chi connectivity index (χ1) is 17.6. The van der Waals surface area contributed by atoms with Crippen LogP contribution >= 0.6 is 15.9 Å². The third-order valence-electron chi connectivity index (χ3n) is 5.35. The second-order valence-electron chi connectivity index (χ2n) is 6.91. The fourth-order valence-corrected chi connectivity index (χ4v) is 4.63. The van der Waals surface area contributed by atoms with Crippen LogP contribution in [0.15, 0.2) is 107 Å². The highest BCUT2D eigenvalue weighted by Gasteiger charge is 2.14. The fourth-order valence-electron chi connectivity index (χ4n) is 4.04. The summed E-state index contributed by atoms with van der Waals surface area (Å²) in [6, 6.07) is 15.0. The maximum atomic E-state index is 8.78. The number of hydrogen-bond acceptors (Lipinski definition) is 0. The van der Waals surface area contributed by atoms with Crippen molar-refractivity contribution in [1.29, 1.82) is 0 Å². The van der Waals surface area contributed by atoms with Crippen LogP contribution in [-0.2, 0) is 0 Å². The van der Waals surface area contributed by atoms with E-state index in [1.54, 1.807) is 0 Å². The molecule has 0 nitrogen and oxygen atoms in total. The molecule has 0 aliphatic rings. The highest BCUT2D eigenvalue weighted by molar-refractivity contribution is 9.10. The summed E-state index contributed by atoms with van der Waals surface area (Å²) >= 11 is 3.45. The van der Waals surface area contributed by atoms with Crippen LogP contribution in [0.4, 0.5) is 0 Å². The number of hydrogen-bond donors (Lipinski definition) is 0. The van der Waals surface area contributed by atoms with E-state index in [4.69, 9.17) is 11.0 Å².